The Morgan fingerprint density at radius 3 is 1.91 bits per heavy atom. The molecule has 0 amide bonds. The molecule has 0 saturated carbocycles. The van der Waals surface area contributed by atoms with Crippen LogP contribution in [-0.2, 0) is 6.42 Å². The first-order valence-electron chi connectivity index (χ1n) is 12.6. The van der Waals surface area contributed by atoms with Crippen molar-refractivity contribution in [1.29, 1.82) is 0 Å². The summed E-state index contributed by atoms with van der Waals surface area (Å²) in [5.74, 6) is 0. The van der Waals surface area contributed by atoms with Gasteiger partial charge in [-0.2, -0.15) is 0 Å². The third-order valence-electron chi connectivity index (χ3n) is 4.95. The van der Waals surface area contributed by atoms with Crippen LogP contribution in [0.25, 0.3) is 10.8 Å². The summed E-state index contributed by atoms with van der Waals surface area (Å²) >= 11 is 6.58. The molecule has 1 aliphatic rings. The fourth-order valence-corrected chi connectivity index (χ4v) is 3.61. The second kappa shape index (κ2) is 18.5. The molecule has 1 heterocycles. The molecule has 1 saturated heterocycles. The maximum absolute atomic E-state index is 8.67. The normalized spacial score (nSPS) is 14.8. The minimum Gasteiger partial charge on any atom is -0.392 e. The molecule has 0 aromatic heterocycles. The smallest absolute Gasteiger partial charge is 0.0676 e. The molecule has 2 N–H and O–H groups in total. The number of aliphatic hydroxyl groups excluding tert-OH is 1. The van der Waals surface area contributed by atoms with Crippen LogP contribution in [0, 0.1) is 13.8 Å². The van der Waals surface area contributed by atoms with Crippen molar-refractivity contribution in [3.63, 3.8) is 0 Å². The third-order valence-corrected chi connectivity index (χ3v) is 5.35. The number of aryl methyl sites for hydroxylation is 2. The maximum atomic E-state index is 8.67. The van der Waals surface area contributed by atoms with Gasteiger partial charge in [0, 0.05) is 6.54 Å². The minimum atomic E-state index is -0.0648. The molecule has 2 nitrogen and oxygen atoms in total. The van der Waals surface area contributed by atoms with Crippen LogP contribution in [0.15, 0.2) is 60.7 Å². The number of alkyl halides is 1. The molecule has 2 atom stereocenters. The number of fused-ring (bicyclic) bond motifs is 1. The van der Waals surface area contributed by atoms with Crippen LogP contribution in [0.5, 0.6) is 0 Å². The van der Waals surface area contributed by atoms with E-state index in [1.165, 1.54) is 33.0 Å². The van der Waals surface area contributed by atoms with Crippen LogP contribution in [0.3, 0.4) is 0 Å². The molecular weight excluding hydrogens is 426 g/mol. The first kappa shape index (κ1) is 31.1. The fraction of sp³-hybridized carbons (Fsp3) is 0.467. The van der Waals surface area contributed by atoms with Crippen LogP contribution in [0.1, 0.15) is 75.6 Å². The van der Waals surface area contributed by atoms with Gasteiger partial charge in [0.2, 0.25) is 0 Å². The van der Waals surface area contributed by atoms with Crippen LogP contribution < -0.4 is 5.32 Å². The van der Waals surface area contributed by atoms with E-state index in [-0.39, 0.29) is 11.5 Å². The summed E-state index contributed by atoms with van der Waals surface area (Å²) in [7, 11) is 0. The van der Waals surface area contributed by atoms with Gasteiger partial charge in [-0.3, -0.25) is 0 Å². The molecule has 2 unspecified atom stereocenters. The number of halogens is 1. The second-order valence-corrected chi connectivity index (χ2v) is 7.94. The SMILES string of the molecule is CC.CC.CC.Cc1ccc(C(Cl)Cc2ccc3ccc(C)cc3c2)cc1.OC1CCNC1. The summed E-state index contributed by atoms with van der Waals surface area (Å²) in [6, 6.07) is 21.7. The van der Waals surface area contributed by atoms with Crippen molar-refractivity contribution in [2.45, 2.75) is 79.7 Å². The number of aliphatic hydroxyl groups is 1. The lowest BCUT2D eigenvalue weighted by Crippen LogP contribution is -2.11. The summed E-state index contributed by atoms with van der Waals surface area (Å²) in [6.45, 7) is 18.0. The van der Waals surface area contributed by atoms with E-state index in [4.69, 9.17) is 16.7 Å². The molecule has 3 aromatic carbocycles. The number of rotatable bonds is 3. The van der Waals surface area contributed by atoms with Gasteiger partial charge in [-0.25, -0.2) is 0 Å². The Bertz CT molecular complexity index is 870. The van der Waals surface area contributed by atoms with Gasteiger partial charge in [-0.1, -0.05) is 113 Å². The zero-order valence-corrected chi connectivity index (χ0v) is 22.8. The largest absolute Gasteiger partial charge is 0.392 e. The minimum absolute atomic E-state index is 0.0212. The highest BCUT2D eigenvalue weighted by Crippen LogP contribution is 2.27. The van der Waals surface area contributed by atoms with E-state index in [0.29, 0.717) is 0 Å². The first-order valence-corrected chi connectivity index (χ1v) is 13.0. The van der Waals surface area contributed by atoms with E-state index in [1.54, 1.807) is 0 Å². The summed E-state index contributed by atoms with van der Waals surface area (Å²) < 4.78 is 0. The van der Waals surface area contributed by atoms with Gasteiger partial charge in [-0.15, -0.1) is 11.6 Å². The van der Waals surface area contributed by atoms with Gasteiger partial charge >= 0.3 is 0 Å². The molecule has 1 fully saturated rings. The lowest BCUT2D eigenvalue weighted by molar-refractivity contribution is 0.196. The molecule has 33 heavy (non-hydrogen) atoms. The lowest BCUT2D eigenvalue weighted by atomic mass is 9.99. The zero-order valence-electron chi connectivity index (χ0n) is 22.1. The Labute approximate surface area is 208 Å². The number of benzene rings is 3. The fourth-order valence-electron chi connectivity index (χ4n) is 3.28. The van der Waals surface area contributed by atoms with Crippen molar-refractivity contribution in [2.24, 2.45) is 0 Å². The molecule has 3 heteroatoms. The zero-order chi connectivity index (χ0) is 25.2. The molecule has 0 spiro atoms. The Morgan fingerprint density at radius 2 is 1.39 bits per heavy atom. The van der Waals surface area contributed by atoms with E-state index in [2.05, 4.69) is 79.8 Å². The molecule has 0 bridgehead atoms. The Kier molecular flexibility index (Phi) is 17.5. The van der Waals surface area contributed by atoms with Crippen molar-refractivity contribution in [2.75, 3.05) is 13.1 Å². The molecule has 1 aliphatic heterocycles. The molecule has 3 aromatic rings. The van der Waals surface area contributed by atoms with Crippen molar-refractivity contribution in [3.05, 3.63) is 82.9 Å². The third kappa shape index (κ3) is 11.7. The summed E-state index contributed by atoms with van der Waals surface area (Å²) in [4.78, 5) is 0. The van der Waals surface area contributed by atoms with Crippen molar-refractivity contribution in [3.8, 4) is 0 Å². The van der Waals surface area contributed by atoms with Gasteiger partial charge in [0.05, 0.1) is 11.5 Å². The van der Waals surface area contributed by atoms with E-state index >= 15 is 0 Å². The van der Waals surface area contributed by atoms with Crippen LogP contribution >= 0.6 is 11.6 Å². The number of hydrogen-bond donors (Lipinski definition) is 2. The molecular formula is C30H46ClNO. The van der Waals surface area contributed by atoms with E-state index in [1.807, 2.05) is 41.5 Å². The molecule has 0 aliphatic carbocycles. The van der Waals surface area contributed by atoms with E-state index < -0.39 is 0 Å². The summed E-state index contributed by atoms with van der Waals surface area (Å²) in [5, 5.41) is 14.3. The predicted molar refractivity (Wildman–Crippen MR) is 150 cm³/mol. The van der Waals surface area contributed by atoms with Crippen LogP contribution in [0.2, 0.25) is 0 Å². The topological polar surface area (TPSA) is 32.3 Å². The summed E-state index contributed by atoms with van der Waals surface area (Å²) in [6.07, 6.45) is 1.72. The second-order valence-electron chi connectivity index (χ2n) is 7.41. The lowest BCUT2D eigenvalue weighted by Gasteiger charge is -2.11. The number of β-amino-alcohol motifs (C(OH)–C–C–N with tert-alkyl or cyclic N) is 1. The van der Waals surface area contributed by atoms with Gasteiger partial charge in [0.15, 0.2) is 0 Å². The summed E-state index contributed by atoms with van der Waals surface area (Å²) in [5.41, 5.74) is 5.03. The molecule has 184 valence electrons. The highest BCUT2D eigenvalue weighted by Gasteiger charge is 2.09. The van der Waals surface area contributed by atoms with E-state index in [9.17, 15) is 0 Å². The Balaban J connectivity index is 0.000000715. The molecule has 0 radical (unpaired) electrons. The highest BCUT2D eigenvalue weighted by molar-refractivity contribution is 6.20. The quantitative estimate of drug-likeness (QED) is 0.376. The van der Waals surface area contributed by atoms with Crippen LogP contribution in [-0.4, -0.2) is 24.3 Å². The molecule has 4 rings (SSSR count). The Morgan fingerprint density at radius 1 is 0.818 bits per heavy atom. The standard InChI is InChI=1S/C20H19Cl.C4H9NO.3C2H6/c1-14-3-8-18(9-4-14)20(21)13-16-6-10-17-7-5-15(2)11-19(17)12-16;6-4-1-2-5-3-4;3*1-2/h3-12,20H,13H2,1-2H3;4-6H,1-3H2;3*1-2H3. The van der Waals surface area contributed by atoms with E-state index in [0.717, 1.165) is 25.9 Å². The average molecular weight is 472 g/mol. The predicted octanol–water partition coefficient (Wildman–Crippen LogP) is 8.40. The monoisotopic (exact) mass is 471 g/mol. The van der Waals surface area contributed by atoms with Crippen molar-refractivity contribution < 1.29 is 5.11 Å². The van der Waals surface area contributed by atoms with Gasteiger partial charge in [-0.05, 0) is 55.1 Å². The highest BCUT2D eigenvalue weighted by atomic mass is 35.5. The maximum Gasteiger partial charge on any atom is 0.0676 e. The van der Waals surface area contributed by atoms with Crippen molar-refractivity contribution in [1.82, 2.24) is 5.32 Å². The first-order chi connectivity index (χ1) is 16.0. The Hall–Kier alpha value is -1.87. The van der Waals surface area contributed by atoms with Crippen molar-refractivity contribution >= 4 is 22.4 Å². The van der Waals surface area contributed by atoms with Gasteiger partial charge in [0.1, 0.15) is 0 Å². The average Bonchev–Trinajstić information content (AvgIpc) is 3.34. The number of hydrogen-bond acceptors (Lipinski definition) is 2. The van der Waals surface area contributed by atoms with Gasteiger partial charge in [0.25, 0.3) is 0 Å². The van der Waals surface area contributed by atoms with Gasteiger partial charge < -0.3 is 10.4 Å². The number of nitrogens with one attached hydrogen (secondary N) is 1. The van der Waals surface area contributed by atoms with Crippen LogP contribution in [0.4, 0.5) is 0 Å².